The Labute approximate surface area is 164 Å². The lowest BCUT2D eigenvalue weighted by Crippen LogP contribution is -2.50. The molecule has 2 N–H and O–H groups in total. The van der Waals surface area contributed by atoms with Crippen LogP contribution in [-0.4, -0.2) is 51.7 Å². The number of hydrogen-bond acceptors (Lipinski definition) is 5. The Hall–Kier alpha value is -3.22. The second kappa shape index (κ2) is 9.12. The van der Waals surface area contributed by atoms with Crippen LogP contribution in [0.2, 0.25) is 0 Å². The zero-order valence-corrected chi connectivity index (χ0v) is 16.1. The molecule has 0 aromatic heterocycles. The van der Waals surface area contributed by atoms with E-state index in [0.717, 1.165) is 17.0 Å². The molecule has 1 atom stereocenters. The van der Waals surface area contributed by atoms with Gasteiger partial charge in [-0.2, -0.15) is 0 Å². The molecule has 0 saturated heterocycles. The number of amides is 2. The van der Waals surface area contributed by atoms with Crippen molar-refractivity contribution >= 4 is 17.5 Å². The van der Waals surface area contributed by atoms with Crippen LogP contribution in [0, 0.1) is 0 Å². The predicted molar refractivity (Wildman–Crippen MR) is 107 cm³/mol. The van der Waals surface area contributed by atoms with E-state index < -0.39 is 6.10 Å². The Morgan fingerprint density at radius 3 is 2.71 bits per heavy atom. The number of fused-ring (bicyclic) bond motifs is 1. The third-order valence-electron chi connectivity index (χ3n) is 4.64. The van der Waals surface area contributed by atoms with E-state index in [1.807, 2.05) is 47.4 Å². The highest BCUT2D eigenvalue weighted by Crippen LogP contribution is 2.32. The van der Waals surface area contributed by atoms with Crippen molar-refractivity contribution in [1.29, 1.82) is 0 Å². The van der Waals surface area contributed by atoms with Crippen molar-refractivity contribution in [2.45, 2.75) is 12.5 Å². The first-order valence-electron chi connectivity index (χ1n) is 9.23. The van der Waals surface area contributed by atoms with E-state index in [-0.39, 0.29) is 18.4 Å². The quantitative estimate of drug-likeness (QED) is 0.755. The Morgan fingerprint density at radius 2 is 1.93 bits per heavy atom. The van der Waals surface area contributed by atoms with E-state index >= 15 is 0 Å². The number of anilines is 1. The second-order valence-corrected chi connectivity index (χ2v) is 6.48. The van der Waals surface area contributed by atoms with Crippen LogP contribution in [0.3, 0.4) is 0 Å². The summed E-state index contributed by atoms with van der Waals surface area (Å²) in [6.07, 6.45) is 0.0253. The van der Waals surface area contributed by atoms with Gasteiger partial charge >= 0.3 is 0 Å². The summed E-state index contributed by atoms with van der Waals surface area (Å²) in [4.78, 5) is 26.4. The third kappa shape index (κ3) is 4.54. The largest absolute Gasteiger partial charge is 0.496 e. The van der Waals surface area contributed by atoms with E-state index in [1.54, 1.807) is 20.2 Å². The molecule has 0 spiro atoms. The topological polar surface area (TPSA) is 79.9 Å². The normalized spacial score (nSPS) is 15.2. The lowest BCUT2D eigenvalue weighted by Gasteiger charge is -2.35. The molecule has 1 aliphatic heterocycles. The average molecular weight is 383 g/mol. The molecule has 2 aromatic carbocycles. The molecule has 0 unspecified atom stereocenters. The van der Waals surface area contributed by atoms with Gasteiger partial charge in [0.1, 0.15) is 11.5 Å². The first-order chi connectivity index (χ1) is 13.6. The molecule has 28 heavy (non-hydrogen) atoms. The van der Waals surface area contributed by atoms with Crippen LogP contribution in [-0.2, 0) is 16.0 Å². The molecule has 1 heterocycles. The summed E-state index contributed by atoms with van der Waals surface area (Å²) >= 11 is 0. The first-order valence-corrected chi connectivity index (χ1v) is 9.23. The predicted octanol–water partition coefficient (Wildman–Crippen LogP) is 1.37. The summed E-state index contributed by atoms with van der Waals surface area (Å²) in [7, 11) is 3.21. The number of rotatable bonds is 7. The van der Waals surface area contributed by atoms with Crippen molar-refractivity contribution < 1.29 is 19.1 Å². The molecule has 7 nitrogen and oxygen atoms in total. The number of ether oxygens (including phenoxy) is 2. The number of benzene rings is 2. The number of nitrogens with zero attached hydrogens (tertiary/aromatic N) is 1. The van der Waals surface area contributed by atoms with Crippen LogP contribution in [0.4, 0.5) is 5.69 Å². The number of hydrogen-bond donors (Lipinski definition) is 2. The van der Waals surface area contributed by atoms with Gasteiger partial charge in [0.05, 0.1) is 25.9 Å². The monoisotopic (exact) mass is 383 g/mol. The second-order valence-electron chi connectivity index (χ2n) is 6.48. The highest BCUT2D eigenvalue weighted by molar-refractivity contribution is 5.86. The van der Waals surface area contributed by atoms with E-state index in [1.165, 1.54) is 0 Å². The zero-order chi connectivity index (χ0) is 19.9. The Kier molecular flexibility index (Phi) is 6.37. The van der Waals surface area contributed by atoms with Crippen molar-refractivity contribution in [3.63, 3.8) is 0 Å². The lowest BCUT2D eigenvalue weighted by atomic mass is 10.1. The molecule has 2 aromatic rings. The molecule has 0 aliphatic carbocycles. The van der Waals surface area contributed by atoms with Crippen LogP contribution in [0.5, 0.6) is 11.5 Å². The smallest absolute Gasteiger partial charge is 0.262 e. The maximum atomic E-state index is 12.5. The standard InChI is InChI=1S/C21H25N3O4/c1-22-21(26)19-13-24(16-8-4-6-10-18(16)28-19)14-20(25)23-12-11-15-7-3-5-9-17(15)27-2/h3-10,19H,11-14H2,1-2H3,(H,22,26)(H,23,25)/t19-/m1/s1. The molecule has 3 rings (SSSR count). The van der Waals surface area contributed by atoms with Gasteiger partial charge in [-0.3, -0.25) is 9.59 Å². The Balaban J connectivity index is 1.60. The van der Waals surface area contributed by atoms with Crippen molar-refractivity contribution in [2.24, 2.45) is 0 Å². The highest BCUT2D eigenvalue weighted by Gasteiger charge is 2.30. The van der Waals surface area contributed by atoms with Crippen LogP contribution < -0.4 is 25.0 Å². The zero-order valence-electron chi connectivity index (χ0n) is 16.1. The molecule has 0 fully saturated rings. The molecule has 2 amide bonds. The van der Waals surface area contributed by atoms with Gasteiger partial charge in [-0.25, -0.2) is 0 Å². The highest BCUT2D eigenvalue weighted by atomic mass is 16.5. The molecular weight excluding hydrogens is 358 g/mol. The molecule has 1 aliphatic rings. The van der Waals surface area contributed by atoms with Gasteiger partial charge in [-0.15, -0.1) is 0 Å². The molecule has 148 valence electrons. The summed E-state index contributed by atoms with van der Waals surface area (Å²) in [6, 6.07) is 15.2. The van der Waals surface area contributed by atoms with Crippen molar-refractivity contribution in [3.8, 4) is 11.5 Å². The minimum absolute atomic E-state index is 0.109. The molecule has 7 heteroatoms. The van der Waals surface area contributed by atoms with Gasteiger partial charge in [-0.05, 0) is 30.2 Å². The minimum Gasteiger partial charge on any atom is -0.496 e. The molecule has 0 bridgehead atoms. The number of methoxy groups -OCH3 is 1. The van der Waals surface area contributed by atoms with Gasteiger partial charge < -0.3 is 25.0 Å². The van der Waals surface area contributed by atoms with E-state index in [9.17, 15) is 9.59 Å². The fourth-order valence-corrected chi connectivity index (χ4v) is 3.23. The van der Waals surface area contributed by atoms with Gasteiger partial charge in [0, 0.05) is 13.6 Å². The van der Waals surface area contributed by atoms with Crippen molar-refractivity contribution in [3.05, 3.63) is 54.1 Å². The first kappa shape index (κ1) is 19.5. The van der Waals surface area contributed by atoms with Gasteiger partial charge in [0.2, 0.25) is 5.91 Å². The molecular formula is C21H25N3O4. The fourth-order valence-electron chi connectivity index (χ4n) is 3.23. The summed E-state index contributed by atoms with van der Waals surface area (Å²) in [6.45, 7) is 0.973. The maximum absolute atomic E-state index is 12.5. The SMILES string of the molecule is CNC(=O)[C@H]1CN(CC(=O)NCCc2ccccc2OC)c2ccccc2O1. The number of carbonyl (C=O) groups excluding carboxylic acids is 2. The number of likely N-dealkylation sites (N-methyl/N-ethyl adjacent to an activating group) is 1. The van der Waals surface area contributed by atoms with Gasteiger partial charge in [-0.1, -0.05) is 30.3 Å². The summed E-state index contributed by atoms with van der Waals surface area (Å²) in [5.74, 6) is 1.09. The van der Waals surface area contributed by atoms with Crippen molar-refractivity contribution in [1.82, 2.24) is 10.6 Å². The summed E-state index contributed by atoms with van der Waals surface area (Å²) < 4.78 is 11.1. The molecule has 0 saturated carbocycles. The Morgan fingerprint density at radius 1 is 1.18 bits per heavy atom. The summed E-state index contributed by atoms with van der Waals surface area (Å²) in [5, 5.41) is 5.54. The Bertz CT molecular complexity index is 840. The number of nitrogens with one attached hydrogen (secondary N) is 2. The van der Waals surface area contributed by atoms with E-state index in [4.69, 9.17) is 9.47 Å². The minimum atomic E-state index is -0.652. The number of para-hydroxylation sites is 3. The summed E-state index contributed by atoms with van der Waals surface area (Å²) in [5.41, 5.74) is 1.85. The van der Waals surface area contributed by atoms with Gasteiger partial charge in [0.15, 0.2) is 6.10 Å². The maximum Gasteiger partial charge on any atom is 0.262 e. The third-order valence-corrected chi connectivity index (χ3v) is 4.64. The van der Waals surface area contributed by atoms with Crippen LogP contribution >= 0.6 is 0 Å². The number of carbonyl (C=O) groups is 2. The van der Waals surface area contributed by atoms with Gasteiger partial charge in [0.25, 0.3) is 5.91 Å². The molecule has 0 radical (unpaired) electrons. The van der Waals surface area contributed by atoms with E-state index in [2.05, 4.69) is 10.6 Å². The van der Waals surface area contributed by atoms with Crippen molar-refractivity contribution in [2.75, 3.05) is 38.7 Å². The van der Waals surface area contributed by atoms with E-state index in [0.29, 0.717) is 25.3 Å². The average Bonchev–Trinajstić information content (AvgIpc) is 2.73. The van der Waals surface area contributed by atoms with Crippen LogP contribution in [0.25, 0.3) is 0 Å². The van der Waals surface area contributed by atoms with Crippen LogP contribution in [0.1, 0.15) is 5.56 Å². The van der Waals surface area contributed by atoms with Crippen LogP contribution in [0.15, 0.2) is 48.5 Å². The fraction of sp³-hybridized carbons (Fsp3) is 0.333. The lowest BCUT2D eigenvalue weighted by molar-refractivity contribution is -0.127.